The average molecular weight is 472 g/mol. The summed E-state index contributed by atoms with van der Waals surface area (Å²) in [5.74, 6) is -0.525. The molecule has 0 radical (unpaired) electrons. The highest BCUT2D eigenvalue weighted by Crippen LogP contribution is 2.31. The number of carbonyl (C=O) groups is 2. The number of nitrogens with two attached hydrogens (primary N) is 1. The number of rotatable bonds is 8. The number of carbonyl (C=O) groups excluding carboxylic acids is 2. The average Bonchev–Trinajstić information content (AvgIpc) is 2.83. The second kappa shape index (κ2) is 10.8. The monoisotopic (exact) mass is 472 g/mol. The maximum absolute atomic E-state index is 12.8. The molecule has 0 atom stereocenters. The zero-order valence-electron chi connectivity index (χ0n) is 18.3. The lowest BCUT2D eigenvalue weighted by Gasteiger charge is -2.12. The molecule has 0 aliphatic rings. The third-order valence-electron chi connectivity index (χ3n) is 4.91. The zero-order valence-corrected chi connectivity index (χ0v) is 18.3. The molecule has 0 fully saturated rings. The first kappa shape index (κ1) is 24.7. The molecule has 0 saturated heterocycles. The van der Waals surface area contributed by atoms with E-state index in [0.29, 0.717) is 42.1 Å². The van der Waals surface area contributed by atoms with Crippen molar-refractivity contribution in [2.75, 3.05) is 25.5 Å². The Kier molecular flexibility index (Phi) is 7.85. The van der Waals surface area contributed by atoms with Crippen molar-refractivity contribution in [3.05, 3.63) is 77.6 Å². The second-order valence-electron chi connectivity index (χ2n) is 7.30. The summed E-state index contributed by atoms with van der Waals surface area (Å²) in [7, 11) is 1.43. The number of anilines is 1. The van der Waals surface area contributed by atoms with Gasteiger partial charge >= 0.3 is 6.18 Å². The first-order valence-electron chi connectivity index (χ1n) is 10.3. The van der Waals surface area contributed by atoms with E-state index in [4.69, 9.17) is 10.5 Å². The Balaban J connectivity index is 1.78. The van der Waals surface area contributed by atoms with E-state index < -0.39 is 17.6 Å². The summed E-state index contributed by atoms with van der Waals surface area (Å²) >= 11 is 0. The van der Waals surface area contributed by atoms with Crippen LogP contribution >= 0.6 is 0 Å². The fourth-order valence-electron chi connectivity index (χ4n) is 3.14. The number of methoxy groups -OCH3 is 1. The Hall–Kier alpha value is -3.92. The predicted octanol–water partition coefficient (Wildman–Crippen LogP) is 4.11. The molecular formula is C24H23F3N4O3. The molecule has 1 heterocycles. The van der Waals surface area contributed by atoms with Crippen LogP contribution in [0.15, 0.2) is 60.9 Å². The van der Waals surface area contributed by atoms with Gasteiger partial charge in [-0.15, -0.1) is 0 Å². The quantitative estimate of drug-likeness (QED) is 0.428. The van der Waals surface area contributed by atoms with Crippen molar-refractivity contribution >= 4 is 17.5 Å². The number of pyridine rings is 1. The van der Waals surface area contributed by atoms with E-state index in [-0.39, 0.29) is 17.0 Å². The molecule has 7 nitrogen and oxygen atoms in total. The van der Waals surface area contributed by atoms with Crippen LogP contribution in [-0.2, 0) is 6.18 Å². The predicted molar refractivity (Wildman–Crippen MR) is 122 cm³/mol. The Bertz CT molecular complexity index is 1160. The molecule has 4 N–H and O–H groups in total. The zero-order chi connectivity index (χ0) is 24.7. The lowest BCUT2D eigenvalue weighted by Crippen LogP contribution is -2.26. The Labute approximate surface area is 194 Å². The van der Waals surface area contributed by atoms with Crippen molar-refractivity contribution in [1.82, 2.24) is 10.3 Å². The molecule has 10 heteroatoms. The van der Waals surface area contributed by atoms with Crippen LogP contribution in [0.3, 0.4) is 0 Å². The molecule has 34 heavy (non-hydrogen) atoms. The number of benzene rings is 2. The van der Waals surface area contributed by atoms with Gasteiger partial charge < -0.3 is 21.1 Å². The lowest BCUT2D eigenvalue weighted by molar-refractivity contribution is -0.137. The molecular weight excluding hydrogens is 449 g/mol. The maximum Gasteiger partial charge on any atom is 0.416 e. The van der Waals surface area contributed by atoms with Gasteiger partial charge in [0, 0.05) is 30.2 Å². The van der Waals surface area contributed by atoms with Crippen molar-refractivity contribution in [1.29, 1.82) is 0 Å². The van der Waals surface area contributed by atoms with E-state index in [1.54, 1.807) is 12.1 Å². The van der Waals surface area contributed by atoms with Crippen LogP contribution in [0.25, 0.3) is 11.1 Å². The highest BCUT2D eigenvalue weighted by Gasteiger charge is 2.30. The Morgan fingerprint density at radius 1 is 1.00 bits per heavy atom. The molecule has 178 valence electrons. The number of nitrogens with one attached hydrogen (secondary N) is 2. The SMILES string of the molecule is COc1ccc(NC(=O)c2cncc(-c3ccc(C(F)(F)F)cc3)c2)cc1C(=O)NCCCN. The minimum absolute atomic E-state index is 0.196. The smallest absolute Gasteiger partial charge is 0.416 e. The van der Waals surface area contributed by atoms with Gasteiger partial charge in [0.05, 0.1) is 23.8 Å². The molecule has 0 aliphatic heterocycles. The van der Waals surface area contributed by atoms with Gasteiger partial charge in [-0.25, -0.2) is 0 Å². The summed E-state index contributed by atoms with van der Waals surface area (Å²) in [5, 5.41) is 5.43. The van der Waals surface area contributed by atoms with E-state index in [2.05, 4.69) is 15.6 Å². The van der Waals surface area contributed by atoms with Crippen LogP contribution in [-0.4, -0.2) is 37.0 Å². The standard InChI is InChI=1S/C24H23F3N4O3/c1-34-21-8-7-19(12-20(21)23(33)30-10-2-9-28)31-22(32)17-11-16(13-29-14-17)15-3-5-18(6-4-15)24(25,26)27/h3-8,11-14H,2,9-10,28H2,1H3,(H,30,33)(H,31,32). The number of amides is 2. The van der Waals surface area contributed by atoms with Crippen LogP contribution in [0.2, 0.25) is 0 Å². The number of halogens is 3. The van der Waals surface area contributed by atoms with Crippen LogP contribution in [0.4, 0.5) is 18.9 Å². The van der Waals surface area contributed by atoms with Gasteiger partial charge in [0.15, 0.2) is 0 Å². The topological polar surface area (TPSA) is 106 Å². The van der Waals surface area contributed by atoms with Crippen molar-refractivity contribution in [2.45, 2.75) is 12.6 Å². The number of ether oxygens (including phenoxy) is 1. The Morgan fingerprint density at radius 3 is 2.38 bits per heavy atom. The fraction of sp³-hybridized carbons (Fsp3) is 0.208. The van der Waals surface area contributed by atoms with Crippen molar-refractivity contribution in [2.24, 2.45) is 5.73 Å². The molecule has 1 aromatic heterocycles. The number of aromatic nitrogens is 1. The molecule has 3 aromatic rings. The van der Waals surface area contributed by atoms with E-state index >= 15 is 0 Å². The second-order valence-corrected chi connectivity index (χ2v) is 7.30. The van der Waals surface area contributed by atoms with Gasteiger partial charge in [-0.1, -0.05) is 12.1 Å². The van der Waals surface area contributed by atoms with Gasteiger partial charge in [0.2, 0.25) is 0 Å². The largest absolute Gasteiger partial charge is 0.496 e. The lowest BCUT2D eigenvalue weighted by atomic mass is 10.0. The molecule has 2 amide bonds. The summed E-state index contributed by atoms with van der Waals surface area (Å²) in [4.78, 5) is 29.3. The summed E-state index contributed by atoms with van der Waals surface area (Å²) in [6.07, 6.45) is -1.02. The van der Waals surface area contributed by atoms with E-state index in [9.17, 15) is 22.8 Å². The van der Waals surface area contributed by atoms with Gasteiger partial charge in [0.1, 0.15) is 5.75 Å². The Morgan fingerprint density at radius 2 is 1.74 bits per heavy atom. The van der Waals surface area contributed by atoms with Crippen LogP contribution in [0.5, 0.6) is 5.75 Å². The summed E-state index contributed by atoms with van der Waals surface area (Å²) in [5.41, 5.74) is 6.44. The molecule has 0 aliphatic carbocycles. The molecule has 0 bridgehead atoms. The number of alkyl halides is 3. The first-order chi connectivity index (χ1) is 16.2. The highest BCUT2D eigenvalue weighted by molar-refractivity contribution is 6.06. The van der Waals surface area contributed by atoms with Crippen LogP contribution in [0, 0.1) is 0 Å². The molecule has 2 aromatic carbocycles. The first-order valence-corrected chi connectivity index (χ1v) is 10.3. The summed E-state index contributed by atoms with van der Waals surface area (Å²) < 4.78 is 43.6. The van der Waals surface area contributed by atoms with Gasteiger partial charge in [-0.3, -0.25) is 14.6 Å². The van der Waals surface area contributed by atoms with Crippen LogP contribution in [0.1, 0.15) is 32.7 Å². The van der Waals surface area contributed by atoms with Crippen molar-refractivity contribution in [3.8, 4) is 16.9 Å². The van der Waals surface area contributed by atoms with E-state index in [1.165, 1.54) is 43.8 Å². The molecule has 3 rings (SSSR count). The normalized spacial score (nSPS) is 11.1. The third-order valence-corrected chi connectivity index (χ3v) is 4.91. The van der Waals surface area contributed by atoms with Gasteiger partial charge in [-0.05, 0) is 54.9 Å². The van der Waals surface area contributed by atoms with Crippen molar-refractivity contribution < 1.29 is 27.5 Å². The fourth-order valence-corrected chi connectivity index (χ4v) is 3.14. The molecule has 0 saturated carbocycles. The van der Waals surface area contributed by atoms with E-state index in [1.807, 2.05) is 0 Å². The number of nitrogens with zero attached hydrogens (tertiary/aromatic N) is 1. The maximum atomic E-state index is 12.8. The van der Waals surface area contributed by atoms with Gasteiger partial charge in [0.25, 0.3) is 11.8 Å². The minimum Gasteiger partial charge on any atom is -0.496 e. The summed E-state index contributed by atoms with van der Waals surface area (Å²) in [6.45, 7) is 0.838. The molecule has 0 unspecified atom stereocenters. The van der Waals surface area contributed by atoms with Crippen molar-refractivity contribution in [3.63, 3.8) is 0 Å². The third kappa shape index (κ3) is 6.10. The van der Waals surface area contributed by atoms with E-state index in [0.717, 1.165) is 12.1 Å². The van der Waals surface area contributed by atoms with Gasteiger partial charge in [-0.2, -0.15) is 13.2 Å². The molecule has 0 spiro atoms. The van der Waals surface area contributed by atoms with Crippen LogP contribution < -0.4 is 21.1 Å². The minimum atomic E-state index is -4.43. The number of hydrogen-bond acceptors (Lipinski definition) is 5. The summed E-state index contributed by atoms with van der Waals surface area (Å²) in [6, 6.07) is 10.7. The number of hydrogen-bond donors (Lipinski definition) is 3. The highest BCUT2D eigenvalue weighted by atomic mass is 19.4.